The number of ether oxygens (including phenoxy) is 1. The average Bonchev–Trinajstić information content (AvgIpc) is 2.71. The predicted octanol–water partition coefficient (Wildman–Crippen LogP) is 0.330. The van der Waals surface area contributed by atoms with Gasteiger partial charge in [-0.15, -0.1) is 0 Å². The van der Waals surface area contributed by atoms with Crippen molar-refractivity contribution in [3.8, 4) is 0 Å². The summed E-state index contributed by atoms with van der Waals surface area (Å²) in [6.45, 7) is 6.90. The maximum absolute atomic E-state index is 11.6. The van der Waals surface area contributed by atoms with Gasteiger partial charge >= 0.3 is 6.09 Å². The van der Waals surface area contributed by atoms with Gasteiger partial charge in [-0.2, -0.15) is 0 Å². The summed E-state index contributed by atoms with van der Waals surface area (Å²) in [4.78, 5) is 17.3. The highest BCUT2D eigenvalue weighted by molar-refractivity contribution is 5.68. The Labute approximate surface area is 113 Å². The van der Waals surface area contributed by atoms with Crippen LogP contribution in [0.3, 0.4) is 0 Å². The van der Waals surface area contributed by atoms with E-state index in [1.165, 1.54) is 12.5 Å². The van der Waals surface area contributed by atoms with Crippen LogP contribution in [0.2, 0.25) is 0 Å². The molecule has 0 spiro atoms. The van der Waals surface area contributed by atoms with Crippen molar-refractivity contribution in [2.24, 2.45) is 16.5 Å². The van der Waals surface area contributed by atoms with Crippen LogP contribution in [0.25, 0.3) is 0 Å². The second kappa shape index (κ2) is 6.31. The molecule has 1 heterocycles. The third-order valence-electron chi connectivity index (χ3n) is 2.57. The van der Waals surface area contributed by atoms with Gasteiger partial charge in [0.15, 0.2) is 0 Å². The molecule has 1 rings (SSSR count). The predicted molar refractivity (Wildman–Crippen MR) is 74.3 cm³/mol. The zero-order chi connectivity index (χ0) is 14.5. The SMILES string of the molecule is CC(C)(C)OC(=O)NC1CCN(/C(N)=C/N=C\N)C1. The Bertz CT molecular complexity index is 373. The summed E-state index contributed by atoms with van der Waals surface area (Å²) < 4.78 is 5.21. The first-order valence-corrected chi connectivity index (χ1v) is 6.25. The van der Waals surface area contributed by atoms with Crippen LogP contribution in [-0.2, 0) is 4.74 Å². The number of nitrogens with two attached hydrogens (primary N) is 2. The number of hydrogen-bond donors (Lipinski definition) is 3. The molecule has 1 aliphatic heterocycles. The van der Waals surface area contributed by atoms with Crippen LogP contribution >= 0.6 is 0 Å². The Kier molecular flexibility index (Phi) is 5.02. The van der Waals surface area contributed by atoms with Crippen molar-refractivity contribution in [1.29, 1.82) is 0 Å². The van der Waals surface area contributed by atoms with Gasteiger partial charge in [-0.25, -0.2) is 9.79 Å². The number of rotatable bonds is 3. The van der Waals surface area contributed by atoms with E-state index < -0.39 is 11.7 Å². The molecule has 0 saturated carbocycles. The van der Waals surface area contributed by atoms with E-state index in [4.69, 9.17) is 16.2 Å². The summed E-state index contributed by atoms with van der Waals surface area (Å²) in [6.07, 6.45) is 3.09. The Morgan fingerprint density at radius 2 is 2.21 bits per heavy atom. The third kappa shape index (κ3) is 5.50. The van der Waals surface area contributed by atoms with Gasteiger partial charge in [0.05, 0.1) is 18.6 Å². The number of carbonyl (C=O) groups is 1. The van der Waals surface area contributed by atoms with E-state index in [0.717, 1.165) is 13.0 Å². The second-order valence-electron chi connectivity index (χ2n) is 5.43. The van der Waals surface area contributed by atoms with Gasteiger partial charge in [0.2, 0.25) is 0 Å². The molecule has 7 nitrogen and oxygen atoms in total. The first kappa shape index (κ1) is 15.1. The molecule has 1 amide bonds. The summed E-state index contributed by atoms with van der Waals surface area (Å²) in [5.74, 6) is 0.537. The summed E-state index contributed by atoms with van der Waals surface area (Å²) >= 11 is 0. The maximum atomic E-state index is 11.6. The highest BCUT2D eigenvalue weighted by Crippen LogP contribution is 2.14. The topological polar surface area (TPSA) is 106 Å². The van der Waals surface area contributed by atoms with E-state index in [9.17, 15) is 4.79 Å². The fourth-order valence-corrected chi connectivity index (χ4v) is 1.79. The average molecular weight is 269 g/mol. The lowest BCUT2D eigenvalue weighted by Crippen LogP contribution is -2.40. The fraction of sp³-hybridized carbons (Fsp3) is 0.667. The monoisotopic (exact) mass is 269 g/mol. The summed E-state index contributed by atoms with van der Waals surface area (Å²) in [5, 5.41) is 2.83. The van der Waals surface area contributed by atoms with Crippen LogP contribution in [0.1, 0.15) is 27.2 Å². The lowest BCUT2D eigenvalue weighted by molar-refractivity contribution is 0.0506. The van der Waals surface area contributed by atoms with Gasteiger partial charge in [0.1, 0.15) is 11.4 Å². The zero-order valence-corrected chi connectivity index (χ0v) is 11.7. The van der Waals surface area contributed by atoms with Crippen LogP contribution in [-0.4, -0.2) is 42.1 Å². The molecule has 1 atom stereocenters. The highest BCUT2D eigenvalue weighted by atomic mass is 16.6. The molecule has 19 heavy (non-hydrogen) atoms. The van der Waals surface area contributed by atoms with Gasteiger partial charge < -0.3 is 26.4 Å². The lowest BCUT2D eigenvalue weighted by Gasteiger charge is -2.22. The van der Waals surface area contributed by atoms with E-state index in [1.54, 1.807) is 0 Å². The van der Waals surface area contributed by atoms with Crippen molar-refractivity contribution in [3.05, 3.63) is 12.0 Å². The Balaban J connectivity index is 2.42. The quantitative estimate of drug-likeness (QED) is 0.505. The van der Waals surface area contributed by atoms with E-state index in [2.05, 4.69) is 10.3 Å². The molecule has 108 valence electrons. The largest absolute Gasteiger partial charge is 0.444 e. The van der Waals surface area contributed by atoms with Gasteiger partial charge in [0.25, 0.3) is 0 Å². The van der Waals surface area contributed by atoms with Crippen molar-refractivity contribution in [3.63, 3.8) is 0 Å². The normalized spacial score (nSPS) is 20.9. The number of nitrogens with one attached hydrogen (secondary N) is 1. The van der Waals surface area contributed by atoms with Crippen molar-refractivity contribution >= 4 is 12.4 Å². The zero-order valence-electron chi connectivity index (χ0n) is 11.7. The second-order valence-corrected chi connectivity index (χ2v) is 5.43. The fourth-order valence-electron chi connectivity index (χ4n) is 1.79. The van der Waals surface area contributed by atoms with E-state index in [1.807, 2.05) is 25.7 Å². The molecule has 0 aromatic carbocycles. The molecule has 0 aliphatic carbocycles. The first-order chi connectivity index (χ1) is 8.81. The summed E-state index contributed by atoms with van der Waals surface area (Å²) in [7, 11) is 0. The number of alkyl carbamates (subject to hydrolysis) is 1. The minimum absolute atomic E-state index is 0.0312. The van der Waals surface area contributed by atoms with E-state index >= 15 is 0 Å². The standard InChI is InChI=1S/C12H23N5O2/c1-12(2,3)19-11(18)16-9-4-5-17(7-9)10(14)6-15-8-13/h6,8-9H,4-5,7,14H2,1-3H3,(H2,13,15)(H,16,18)/b10-6+. The minimum Gasteiger partial charge on any atom is -0.444 e. The van der Waals surface area contributed by atoms with E-state index in [-0.39, 0.29) is 6.04 Å². The molecular weight excluding hydrogens is 246 g/mol. The smallest absolute Gasteiger partial charge is 0.407 e. The minimum atomic E-state index is -0.489. The van der Waals surface area contributed by atoms with Crippen LogP contribution in [0.4, 0.5) is 4.79 Å². The molecular formula is C12H23N5O2. The Morgan fingerprint density at radius 3 is 2.79 bits per heavy atom. The number of likely N-dealkylation sites (tertiary alicyclic amines) is 1. The number of nitrogens with zero attached hydrogens (tertiary/aromatic N) is 2. The van der Waals surface area contributed by atoms with Gasteiger partial charge in [0, 0.05) is 13.1 Å². The molecule has 1 fully saturated rings. The lowest BCUT2D eigenvalue weighted by atomic mass is 10.2. The molecule has 0 aromatic heterocycles. The van der Waals surface area contributed by atoms with Crippen molar-refractivity contribution < 1.29 is 9.53 Å². The number of aliphatic imine (C=N–C) groups is 1. The van der Waals surface area contributed by atoms with Crippen molar-refractivity contribution in [2.45, 2.75) is 38.8 Å². The molecule has 1 aliphatic rings. The summed E-state index contributed by atoms with van der Waals surface area (Å²) in [6, 6.07) is 0.0312. The molecule has 1 saturated heterocycles. The van der Waals surface area contributed by atoms with E-state index in [0.29, 0.717) is 12.4 Å². The Hall–Kier alpha value is -1.92. The number of hydrogen-bond acceptors (Lipinski definition) is 5. The third-order valence-corrected chi connectivity index (χ3v) is 2.57. The van der Waals surface area contributed by atoms with Gasteiger partial charge in [-0.3, -0.25) is 0 Å². The van der Waals surface area contributed by atoms with Gasteiger partial charge in [-0.1, -0.05) is 0 Å². The van der Waals surface area contributed by atoms with Crippen LogP contribution < -0.4 is 16.8 Å². The number of carbonyl (C=O) groups excluding carboxylic acids is 1. The molecule has 0 bridgehead atoms. The number of amides is 1. The van der Waals surface area contributed by atoms with Crippen LogP contribution in [0, 0.1) is 0 Å². The van der Waals surface area contributed by atoms with Crippen molar-refractivity contribution in [1.82, 2.24) is 10.2 Å². The van der Waals surface area contributed by atoms with Gasteiger partial charge in [-0.05, 0) is 27.2 Å². The molecule has 0 radical (unpaired) electrons. The van der Waals surface area contributed by atoms with Crippen LogP contribution in [0.15, 0.2) is 17.0 Å². The molecule has 0 aromatic rings. The van der Waals surface area contributed by atoms with Crippen molar-refractivity contribution in [2.75, 3.05) is 13.1 Å². The highest BCUT2D eigenvalue weighted by Gasteiger charge is 2.26. The molecule has 7 heteroatoms. The first-order valence-electron chi connectivity index (χ1n) is 6.25. The Morgan fingerprint density at radius 1 is 1.53 bits per heavy atom. The maximum Gasteiger partial charge on any atom is 0.407 e. The summed E-state index contributed by atoms with van der Waals surface area (Å²) in [5.41, 5.74) is 10.5. The molecule has 1 unspecified atom stereocenters. The molecule has 5 N–H and O–H groups in total. The van der Waals surface area contributed by atoms with Crippen LogP contribution in [0.5, 0.6) is 0 Å².